The first-order chi connectivity index (χ1) is 8.70. The third-order valence-electron chi connectivity index (χ3n) is 2.29. The predicted molar refractivity (Wildman–Crippen MR) is 70.6 cm³/mol. The van der Waals surface area contributed by atoms with Crippen LogP contribution in [0.1, 0.15) is 10.4 Å². The van der Waals surface area contributed by atoms with Crippen LogP contribution in [0, 0.1) is 10.1 Å². The lowest BCUT2D eigenvalue weighted by Crippen LogP contribution is -1.83. The van der Waals surface area contributed by atoms with Gasteiger partial charge in [-0.1, -0.05) is 29.5 Å². The number of para-hydroxylation sites is 1. The summed E-state index contributed by atoms with van der Waals surface area (Å²) in [5.41, 5.74) is 1.39. The molecular weight excluding hydrogens is 252 g/mol. The van der Waals surface area contributed by atoms with Gasteiger partial charge in [0.1, 0.15) is 0 Å². The number of hydrogen-bond donors (Lipinski definition) is 1. The van der Waals surface area contributed by atoms with Crippen molar-refractivity contribution in [3.05, 3.63) is 57.0 Å². The lowest BCUT2D eigenvalue weighted by Gasteiger charge is -1.99. The molecule has 0 aliphatic heterocycles. The van der Waals surface area contributed by atoms with E-state index >= 15 is 0 Å². The van der Waals surface area contributed by atoms with E-state index < -0.39 is 4.92 Å². The maximum atomic E-state index is 10.5. The fourth-order valence-electron chi connectivity index (χ4n) is 1.41. The monoisotopic (exact) mass is 262 g/mol. The highest BCUT2D eigenvalue weighted by atomic mass is 32.1. The van der Waals surface area contributed by atoms with Crippen LogP contribution in [0.3, 0.4) is 0 Å². The molecule has 0 radical (unpaired) electrons. The molecule has 0 bridgehead atoms. The topological polar surface area (TPSA) is 75.7 Å². The van der Waals surface area contributed by atoms with Crippen molar-refractivity contribution in [1.82, 2.24) is 0 Å². The number of aliphatic imine (C=N–C) groups is 1. The maximum Gasteiger partial charge on any atom is 0.324 e. The Balaban J connectivity index is 2.21. The summed E-state index contributed by atoms with van der Waals surface area (Å²) in [6.45, 7) is -0.0852. The van der Waals surface area contributed by atoms with Gasteiger partial charge in [-0.2, -0.15) is 0 Å². The molecule has 18 heavy (non-hydrogen) atoms. The second kappa shape index (κ2) is 5.52. The summed E-state index contributed by atoms with van der Waals surface area (Å²) in [7, 11) is 0. The van der Waals surface area contributed by atoms with Gasteiger partial charge in [-0.15, -0.1) is 0 Å². The van der Waals surface area contributed by atoms with Crippen molar-refractivity contribution in [3.8, 4) is 0 Å². The van der Waals surface area contributed by atoms with Gasteiger partial charge in [-0.3, -0.25) is 15.1 Å². The van der Waals surface area contributed by atoms with Crippen molar-refractivity contribution in [2.24, 2.45) is 4.99 Å². The zero-order valence-corrected chi connectivity index (χ0v) is 10.1. The highest BCUT2D eigenvalue weighted by Crippen LogP contribution is 2.24. The molecule has 0 fully saturated rings. The van der Waals surface area contributed by atoms with Crippen molar-refractivity contribution < 1.29 is 10.0 Å². The Hall–Kier alpha value is -2.05. The fourth-order valence-corrected chi connectivity index (χ4v) is 2.11. The summed E-state index contributed by atoms with van der Waals surface area (Å²) in [4.78, 5) is 15.0. The van der Waals surface area contributed by atoms with Crippen LogP contribution >= 0.6 is 11.3 Å². The zero-order valence-electron chi connectivity index (χ0n) is 9.31. The minimum atomic E-state index is -0.427. The summed E-state index contributed by atoms with van der Waals surface area (Å²) < 4.78 is 0. The van der Waals surface area contributed by atoms with Crippen molar-refractivity contribution in [1.29, 1.82) is 0 Å². The van der Waals surface area contributed by atoms with E-state index in [1.54, 1.807) is 24.4 Å². The van der Waals surface area contributed by atoms with Crippen LogP contribution in [0.25, 0.3) is 0 Å². The molecule has 2 aromatic rings. The molecule has 0 aliphatic carbocycles. The van der Waals surface area contributed by atoms with E-state index in [9.17, 15) is 10.1 Å². The van der Waals surface area contributed by atoms with Gasteiger partial charge in [0.25, 0.3) is 0 Å². The van der Waals surface area contributed by atoms with Gasteiger partial charge in [-0.05, 0) is 12.1 Å². The predicted octanol–water partition coefficient (Wildman–Crippen LogP) is 2.90. The summed E-state index contributed by atoms with van der Waals surface area (Å²) in [5.74, 6) is 0. The molecule has 0 saturated carbocycles. The largest absolute Gasteiger partial charge is 0.392 e. The molecule has 0 spiro atoms. The van der Waals surface area contributed by atoms with Gasteiger partial charge in [-0.25, -0.2) is 0 Å². The molecule has 1 N–H and O–H groups in total. The van der Waals surface area contributed by atoms with Crippen LogP contribution in [-0.2, 0) is 6.61 Å². The molecule has 0 unspecified atom stereocenters. The van der Waals surface area contributed by atoms with Gasteiger partial charge in [0, 0.05) is 17.8 Å². The number of thiophene rings is 1. The first-order valence-corrected chi connectivity index (χ1v) is 5.99. The smallest absolute Gasteiger partial charge is 0.324 e. The normalized spacial score (nSPS) is 10.9. The first-order valence-electron chi connectivity index (χ1n) is 5.18. The van der Waals surface area contributed by atoms with Crippen LogP contribution in [0.2, 0.25) is 0 Å². The average Bonchev–Trinajstić information content (AvgIpc) is 2.85. The molecule has 1 heterocycles. The van der Waals surface area contributed by atoms with Crippen LogP contribution in [0.4, 0.5) is 10.7 Å². The number of aliphatic hydroxyl groups excluding tert-OH is 1. The van der Waals surface area contributed by atoms with Crippen LogP contribution in [0.5, 0.6) is 0 Å². The van der Waals surface area contributed by atoms with E-state index in [0.29, 0.717) is 10.6 Å². The van der Waals surface area contributed by atoms with Gasteiger partial charge in [0.2, 0.25) is 0 Å². The first kappa shape index (κ1) is 12.4. The van der Waals surface area contributed by atoms with Crippen LogP contribution in [-0.4, -0.2) is 16.2 Å². The molecule has 92 valence electrons. The molecule has 0 amide bonds. The van der Waals surface area contributed by atoms with Gasteiger partial charge in [0.05, 0.1) is 22.1 Å². The summed E-state index contributed by atoms with van der Waals surface area (Å²) in [6.07, 6.45) is 1.56. The molecule has 0 atom stereocenters. The molecule has 5 nitrogen and oxygen atoms in total. The minimum Gasteiger partial charge on any atom is -0.392 e. The number of aliphatic hydroxyl groups is 1. The number of rotatable bonds is 4. The Morgan fingerprint density at radius 1 is 1.33 bits per heavy atom. The van der Waals surface area contributed by atoms with Crippen LogP contribution < -0.4 is 0 Å². The summed E-state index contributed by atoms with van der Waals surface area (Å²) >= 11 is 1.06. The van der Waals surface area contributed by atoms with Gasteiger partial charge in [0.15, 0.2) is 0 Å². The zero-order chi connectivity index (χ0) is 13.0. The average molecular weight is 262 g/mol. The third kappa shape index (κ3) is 2.79. The molecule has 0 aliphatic rings. The lowest BCUT2D eigenvalue weighted by atomic mass is 10.2. The minimum absolute atomic E-state index is 0.0852. The molecule has 0 saturated heterocycles. The molecule has 1 aromatic heterocycles. The SMILES string of the molecule is O=[N+]([O-])c1ccc(C=Nc2ccccc2CO)s1. The maximum absolute atomic E-state index is 10.5. The second-order valence-electron chi connectivity index (χ2n) is 3.48. The lowest BCUT2D eigenvalue weighted by molar-refractivity contribution is -0.380. The third-order valence-corrected chi connectivity index (χ3v) is 3.26. The van der Waals surface area contributed by atoms with E-state index in [4.69, 9.17) is 5.11 Å². The Morgan fingerprint density at radius 2 is 2.11 bits per heavy atom. The Kier molecular flexibility index (Phi) is 3.81. The Labute approximate surface area is 107 Å². The number of nitro groups is 1. The quantitative estimate of drug-likeness (QED) is 0.523. The van der Waals surface area contributed by atoms with Crippen molar-refractivity contribution >= 4 is 28.2 Å². The highest BCUT2D eigenvalue weighted by molar-refractivity contribution is 7.16. The molecule has 2 rings (SSSR count). The van der Waals surface area contributed by atoms with E-state index in [-0.39, 0.29) is 11.6 Å². The van der Waals surface area contributed by atoms with Crippen LogP contribution in [0.15, 0.2) is 41.4 Å². The summed E-state index contributed by atoms with van der Waals surface area (Å²) in [5, 5.41) is 19.7. The number of benzene rings is 1. The standard InChI is InChI=1S/C12H10N2O3S/c15-8-9-3-1-2-4-11(9)13-7-10-5-6-12(18-10)14(16)17/h1-7,15H,8H2. The van der Waals surface area contributed by atoms with E-state index in [1.807, 2.05) is 12.1 Å². The Morgan fingerprint density at radius 3 is 2.78 bits per heavy atom. The fraction of sp³-hybridized carbons (Fsp3) is 0.0833. The van der Waals surface area contributed by atoms with Crippen molar-refractivity contribution in [2.45, 2.75) is 6.61 Å². The Bertz CT molecular complexity index is 593. The van der Waals surface area contributed by atoms with E-state index in [2.05, 4.69) is 4.99 Å². The van der Waals surface area contributed by atoms with E-state index in [0.717, 1.165) is 16.9 Å². The molecular formula is C12H10N2O3S. The van der Waals surface area contributed by atoms with Gasteiger partial charge >= 0.3 is 5.00 Å². The molecule has 6 heteroatoms. The summed E-state index contributed by atoms with van der Waals surface area (Å²) in [6, 6.07) is 10.3. The van der Waals surface area contributed by atoms with E-state index in [1.165, 1.54) is 6.07 Å². The van der Waals surface area contributed by atoms with Crippen molar-refractivity contribution in [2.75, 3.05) is 0 Å². The highest BCUT2D eigenvalue weighted by Gasteiger charge is 2.08. The van der Waals surface area contributed by atoms with Gasteiger partial charge < -0.3 is 5.11 Å². The molecule has 1 aromatic carbocycles. The second-order valence-corrected chi connectivity index (χ2v) is 4.57. The number of nitrogens with zero attached hydrogens (tertiary/aromatic N) is 2. The van der Waals surface area contributed by atoms with Crippen molar-refractivity contribution in [3.63, 3.8) is 0 Å². The number of hydrogen-bond acceptors (Lipinski definition) is 5.